The standard InChI is InChI=1S/C29H37NO3.C28H36N2O3.C27H33NO2.C2H6O2/c1-2-10-25-24(9-1)23(12-16-29(25)32-20-21-33-29)8-7-13-27(26-11-3-6-18-30-26)17-19-31-28(22-27)14-4-5-15-28;1-2-8-23-22(7-1)24(10-13-28(23)32-19-20-33-28)29-17-14-26(25-9-3-6-16-30-25)15-18-31-27(21-26)11-4-5-12-27;29-24-13-12-21(22-9-1-2-10-23(22)24)8-7-14-26(25-11-3-6-18-28-25)17-19-30-27(20-26)15-4-5-16-27;3-1-2-4/h1-3,6,9-11,18,23H,4-5,7-8,12-17,19-22H2;1-3,6-9,16,24,29H,4-5,10-15,17-21H2;1-3,6,9-11,18,21H,4-5,7-8,12-17,19-20H2;3-4H,1-2H2/t23-,27+;24-,26+;21-,26+;/m000./s1. The molecule has 100 heavy (non-hydrogen) atoms. The van der Waals surface area contributed by atoms with Gasteiger partial charge in [0, 0.05) is 114 Å². The molecule has 14 heteroatoms. The summed E-state index contributed by atoms with van der Waals surface area (Å²) in [5.41, 5.74) is 11.9. The minimum Gasteiger partial charge on any atom is -0.394 e. The molecular weight excluding hydrogens is 1250 g/mol. The molecule has 0 bridgehead atoms. The topological polar surface area (TPSA) is 173 Å². The van der Waals surface area contributed by atoms with E-state index in [1.165, 1.54) is 154 Å². The average Bonchev–Trinajstić information content (AvgIpc) is 1.46. The van der Waals surface area contributed by atoms with Crippen molar-refractivity contribution in [1.82, 2.24) is 20.3 Å². The second-order valence-corrected chi connectivity index (χ2v) is 31.6. The predicted molar refractivity (Wildman–Crippen MR) is 388 cm³/mol. The third kappa shape index (κ3) is 15.5. The van der Waals surface area contributed by atoms with E-state index in [4.69, 9.17) is 58.3 Å². The van der Waals surface area contributed by atoms with Gasteiger partial charge in [-0.05, 0) is 200 Å². The quantitative estimate of drug-likeness (QED) is 0.0835. The molecule has 11 aliphatic rings. The van der Waals surface area contributed by atoms with Crippen molar-refractivity contribution in [2.75, 3.05) is 66.0 Å². The molecule has 17 rings (SSSR count). The average molecular weight is 1360 g/mol. The number of pyridine rings is 3. The molecule has 6 atom stereocenters. The number of Topliss-reactive ketones (excluding diaryl/α,β-unsaturated/α-hetero) is 1. The van der Waals surface area contributed by atoms with Gasteiger partial charge in [0.05, 0.1) is 56.4 Å². The molecule has 14 nitrogen and oxygen atoms in total. The van der Waals surface area contributed by atoms with Crippen molar-refractivity contribution in [3.8, 4) is 0 Å². The number of aliphatic hydroxyl groups excluding tert-OH is 2. The second-order valence-electron chi connectivity index (χ2n) is 31.6. The molecule has 0 radical (unpaired) electrons. The molecule has 3 aromatic carbocycles. The van der Waals surface area contributed by atoms with E-state index in [9.17, 15) is 4.79 Å². The van der Waals surface area contributed by atoms with Gasteiger partial charge in [0.1, 0.15) is 0 Å². The number of benzene rings is 3. The fourth-order valence-electron chi connectivity index (χ4n) is 20.9. The Bertz CT molecular complexity index is 3410. The first-order valence-corrected chi connectivity index (χ1v) is 39.1. The molecule has 3 saturated carbocycles. The predicted octanol–water partition coefficient (Wildman–Crippen LogP) is 16.9. The molecule has 5 aliphatic heterocycles. The second kappa shape index (κ2) is 32.2. The Hall–Kier alpha value is -5.62. The van der Waals surface area contributed by atoms with Gasteiger partial charge in [-0.2, -0.15) is 0 Å². The van der Waals surface area contributed by atoms with Crippen LogP contribution in [0.5, 0.6) is 0 Å². The van der Waals surface area contributed by atoms with E-state index in [-0.39, 0.29) is 46.3 Å². The Morgan fingerprint density at radius 2 is 0.800 bits per heavy atom. The van der Waals surface area contributed by atoms with Crippen LogP contribution in [0.15, 0.2) is 146 Å². The molecule has 5 saturated heterocycles. The van der Waals surface area contributed by atoms with Crippen molar-refractivity contribution >= 4 is 5.78 Å². The summed E-state index contributed by atoms with van der Waals surface area (Å²) < 4.78 is 43.8. The SMILES string of the molecule is O=C1CC[C@H](CCC[C@@]2(c3ccccn3)CCOC3(CCCC3)C2)c2ccccc21.OCCO.c1ccc([C@]2(CCC[C@H]3CCC4(OCCO4)c4ccccc43)CCOC3(CCCC3)C2)nc1.c1ccc([C@]2(CCN[C@H]3CCC4(OCCO4)c4ccccc43)CCOC3(CCCC3)C2)nc1. The van der Waals surface area contributed by atoms with Crippen LogP contribution in [-0.2, 0) is 61.0 Å². The van der Waals surface area contributed by atoms with Gasteiger partial charge in [-0.15, -0.1) is 0 Å². The number of aromatic nitrogens is 3. The number of nitrogens with one attached hydrogen (secondary N) is 1. The van der Waals surface area contributed by atoms with Crippen molar-refractivity contribution in [2.24, 2.45) is 0 Å². The minimum atomic E-state index is -0.528. The van der Waals surface area contributed by atoms with Crippen molar-refractivity contribution in [3.63, 3.8) is 0 Å². The monoisotopic (exact) mass is 1360 g/mol. The number of aliphatic hydroxyl groups is 2. The van der Waals surface area contributed by atoms with Gasteiger partial charge in [-0.1, -0.05) is 142 Å². The van der Waals surface area contributed by atoms with Gasteiger partial charge in [0.2, 0.25) is 0 Å². The number of ketones is 1. The van der Waals surface area contributed by atoms with Gasteiger partial charge in [0.25, 0.3) is 0 Å². The van der Waals surface area contributed by atoms with E-state index >= 15 is 0 Å². The summed E-state index contributed by atoms with van der Waals surface area (Å²) in [5.74, 6) is 0.400. The Balaban J connectivity index is 0.000000124. The molecule has 6 aromatic rings. The Morgan fingerprint density at radius 1 is 0.400 bits per heavy atom. The number of fused-ring (bicyclic) bond motifs is 5. The smallest absolute Gasteiger partial charge is 0.195 e. The third-order valence-corrected chi connectivity index (χ3v) is 25.7. The summed E-state index contributed by atoms with van der Waals surface area (Å²) in [5, 5.41) is 19.2. The van der Waals surface area contributed by atoms with Gasteiger partial charge < -0.3 is 48.7 Å². The normalized spacial score (nSPS) is 28.5. The number of nitrogens with zero attached hydrogens (tertiary/aromatic N) is 3. The van der Waals surface area contributed by atoms with Crippen LogP contribution in [0.4, 0.5) is 0 Å². The number of carbonyl (C=O) groups is 1. The minimum absolute atomic E-state index is 0.0662. The number of rotatable bonds is 16. The molecule has 3 aromatic heterocycles. The lowest BCUT2D eigenvalue weighted by atomic mass is 9.66. The number of hydrogen-bond donors (Lipinski definition) is 3. The van der Waals surface area contributed by atoms with Gasteiger partial charge in [-0.3, -0.25) is 19.7 Å². The Morgan fingerprint density at radius 3 is 1.26 bits per heavy atom. The van der Waals surface area contributed by atoms with Gasteiger partial charge in [-0.25, -0.2) is 0 Å². The number of ether oxygens (including phenoxy) is 7. The number of hydrogen-bond acceptors (Lipinski definition) is 14. The zero-order chi connectivity index (χ0) is 68.2. The molecular formula is C86H112N4O10. The molecule has 6 aliphatic carbocycles. The molecule has 0 unspecified atom stereocenters. The highest BCUT2D eigenvalue weighted by Gasteiger charge is 2.53. The highest BCUT2D eigenvalue weighted by Crippen LogP contribution is 2.55. The maximum Gasteiger partial charge on any atom is 0.195 e. The lowest BCUT2D eigenvalue weighted by molar-refractivity contribution is -0.177. The summed E-state index contributed by atoms with van der Waals surface area (Å²) in [6, 6.07) is 45.4. The first-order valence-electron chi connectivity index (χ1n) is 39.1. The molecule has 0 amide bonds. The van der Waals surface area contributed by atoms with Crippen molar-refractivity contribution in [2.45, 2.75) is 262 Å². The molecule has 5 spiro atoms. The van der Waals surface area contributed by atoms with Crippen molar-refractivity contribution < 1.29 is 48.2 Å². The van der Waals surface area contributed by atoms with Crippen LogP contribution in [0.1, 0.15) is 272 Å². The van der Waals surface area contributed by atoms with E-state index in [1.807, 2.05) is 48.9 Å². The molecule has 8 fully saturated rings. The lowest BCUT2D eigenvalue weighted by Crippen LogP contribution is -2.48. The maximum absolute atomic E-state index is 12.3. The fourth-order valence-corrected chi connectivity index (χ4v) is 20.9. The van der Waals surface area contributed by atoms with Gasteiger partial charge in [0.15, 0.2) is 17.4 Å². The van der Waals surface area contributed by atoms with Gasteiger partial charge >= 0.3 is 0 Å². The fraction of sp³-hybridized carbons (Fsp3) is 0.605. The maximum atomic E-state index is 12.3. The lowest BCUT2D eigenvalue weighted by Gasteiger charge is -2.47. The van der Waals surface area contributed by atoms with Crippen LogP contribution in [-0.4, -0.2) is 114 Å². The summed E-state index contributed by atoms with van der Waals surface area (Å²) >= 11 is 0. The van der Waals surface area contributed by atoms with E-state index in [0.717, 1.165) is 115 Å². The summed E-state index contributed by atoms with van der Waals surface area (Å²) in [4.78, 5) is 26.9. The number of carbonyl (C=O) groups excluding carboxylic acids is 1. The largest absolute Gasteiger partial charge is 0.394 e. The molecule has 536 valence electrons. The van der Waals surface area contributed by atoms with Crippen LogP contribution in [0.2, 0.25) is 0 Å². The van der Waals surface area contributed by atoms with Crippen LogP contribution >= 0.6 is 0 Å². The zero-order valence-corrected chi connectivity index (χ0v) is 59.6. The first kappa shape index (κ1) is 71.4. The van der Waals surface area contributed by atoms with Crippen LogP contribution in [0.3, 0.4) is 0 Å². The van der Waals surface area contributed by atoms with Crippen LogP contribution in [0.25, 0.3) is 0 Å². The van der Waals surface area contributed by atoms with Crippen molar-refractivity contribution in [3.05, 3.63) is 196 Å². The van der Waals surface area contributed by atoms with E-state index in [1.54, 1.807) is 0 Å². The molecule has 3 N–H and O–H groups in total. The van der Waals surface area contributed by atoms with Crippen molar-refractivity contribution in [1.29, 1.82) is 0 Å². The van der Waals surface area contributed by atoms with E-state index in [0.29, 0.717) is 56.5 Å². The summed E-state index contributed by atoms with van der Waals surface area (Å²) in [6.45, 7) is 6.08. The highest BCUT2D eigenvalue weighted by molar-refractivity contribution is 5.98. The van der Waals surface area contributed by atoms with Crippen LogP contribution < -0.4 is 5.32 Å². The van der Waals surface area contributed by atoms with E-state index < -0.39 is 11.6 Å². The van der Waals surface area contributed by atoms with Crippen LogP contribution in [0, 0.1) is 0 Å². The Kier molecular flexibility index (Phi) is 23.0. The summed E-state index contributed by atoms with van der Waals surface area (Å²) in [7, 11) is 0. The molecule has 8 heterocycles. The first-order chi connectivity index (χ1) is 49.1. The summed E-state index contributed by atoms with van der Waals surface area (Å²) in [6.07, 6.45) is 41.5. The third-order valence-electron chi connectivity index (χ3n) is 25.7. The van der Waals surface area contributed by atoms with E-state index in [2.05, 4.69) is 102 Å². The Labute approximate surface area is 595 Å². The highest BCUT2D eigenvalue weighted by atomic mass is 16.7. The zero-order valence-electron chi connectivity index (χ0n) is 59.6.